The maximum atomic E-state index is 12.6. The van der Waals surface area contributed by atoms with Crippen molar-refractivity contribution in [2.75, 3.05) is 26.2 Å². The maximum Gasteiger partial charge on any atom is 0.277 e. The first-order chi connectivity index (χ1) is 14.4. The second-order valence-electron chi connectivity index (χ2n) is 7.17. The molecule has 30 heavy (non-hydrogen) atoms. The highest BCUT2D eigenvalue weighted by atomic mass is 16.6. The highest BCUT2D eigenvalue weighted by Crippen LogP contribution is 2.36. The number of nitrogens with zero attached hydrogens (tertiary/aromatic N) is 3. The van der Waals surface area contributed by atoms with Crippen molar-refractivity contribution in [3.8, 4) is 11.1 Å². The lowest BCUT2D eigenvalue weighted by atomic mass is 9.92. The van der Waals surface area contributed by atoms with Gasteiger partial charge in [0.25, 0.3) is 5.69 Å². The molecule has 0 bridgehead atoms. The van der Waals surface area contributed by atoms with Crippen LogP contribution in [0.4, 0.5) is 5.69 Å². The summed E-state index contributed by atoms with van der Waals surface area (Å²) in [6.45, 7) is 5.51. The number of amides is 2. The van der Waals surface area contributed by atoms with Gasteiger partial charge in [0.2, 0.25) is 11.8 Å². The zero-order chi connectivity index (χ0) is 21.7. The van der Waals surface area contributed by atoms with Crippen LogP contribution in [-0.2, 0) is 16.0 Å². The van der Waals surface area contributed by atoms with Gasteiger partial charge in [-0.15, -0.1) is 0 Å². The minimum Gasteiger partial charge on any atom is -0.339 e. The van der Waals surface area contributed by atoms with E-state index in [-0.39, 0.29) is 22.4 Å². The molecule has 2 aromatic carbocycles. The van der Waals surface area contributed by atoms with E-state index in [9.17, 15) is 19.7 Å². The summed E-state index contributed by atoms with van der Waals surface area (Å²) in [7, 11) is 0. The number of nitro groups is 1. The molecule has 7 heteroatoms. The molecule has 3 rings (SSSR count). The Labute approximate surface area is 175 Å². The third-order valence-electron chi connectivity index (χ3n) is 5.38. The normalized spacial score (nSPS) is 14.2. The number of rotatable bonds is 5. The molecule has 1 fully saturated rings. The summed E-state index contributed by atoms with van der Waals surface area (Å²) in [5, 5.41) is 11.7. The summed E-state index contributed by atoms with van der Waals surface area (Å²) in [4.78, 5) is 38.8. The molecule has 1 heterocycles. The van der Waals surface area contributed by atoms with Gasteiger partial charge in [0.05, 0.1) is 10.5 Å². The Hall–Kier alpha value is -3.48. The largest absolute Gasteiger partial charge is 0.339 e. The van der Waals surface area contributed by atoms with Gasteiger partial charge in [0.1, 0.15) is 0 Å². The molecule has 0 saturated carbocycles. The van der Waals surface area contributed by atoms with E-state index in [1.165, 1.54) is 19.1 Å². The zero-order valence-electron chi connectivity index (χ0n) is 17.2. The van der Waals surface area contributed by atoms with Gasteiger partial charge in [-0.2, -0.15) is 0 Å². The van der Waals surface area contributed by atoms with Crippen LogP contribution < -0.4 is 0 Å². The van der Waals surface area contributed by atoms with Crippen molar-refractivity contribution in [2.45, 2.75) is 20.3 Å². The third-order valence-corrected chi connectivity index (χ3v) is 5.38. The molecule has 1 aliphatic heterocycles. The lowest BCUT2D eigenvalue weighted by molar-refractivity contribution is -0.384. The number of piperazine rings is 1. The Balaban J connectivity index is 1.91. The van der Waals surface area contributed by atoms with Gasteiger partial charge < -0.3 is 9.80 Å². The molecule has 0 spiro atoms. The first kappa shape index (κ1) is 21.2. The molecule has 0 atom stereocenters. The van der Waals surface area contributed by atoms with E-state index in [1.54, 1.807) is 28.0 Å². The van der Waals surface area contributed by atoms with Gasteiger partial charge in [0, 0.05) is 45.2 Å². The van der Waals surface area contributed by atoms with E-state index >= 15 is 0 Å². The van der Waals surface area contributed by atoms with E-state index in [1.807, 2.05) is 31.2 Å². The average molecular weight is 407 g/mol. The molecule has 1 saturated heterocycles. The molecular weight excluding hydrogens is 382 g/mol. The number of hydrogen-bond acceptors (Lipinski definition) is 4. The Morgan fingerprint density at radius 2 is 1.70 bits per heavy atom. The summed E-state index contributed by atoms with van der Waals surface area (Å²) in [6, 6.07) is 12.5. The second kappa shape index (κ2) is 9.35. The van der Waals surface area contributed by atoms with Crippen LogP contribution in [0.15, 0.2) is 48.5 Å². The molecule has 0 radical (unpaired) electrons. The minimum atomic E-state index is -0.387. The van der Waals surface area contributed by atoms with Crippen LogP contribution in [0, 0.1) is 10.1 Å². The number of hydrogen-bond donors (Lipinski definition) is 0. The molecule has 2 aromatic rings. The van der Waals surface area contributed by atoms with Gasteiger partial charge in [-0.1, -0.05) is 43.3 Å². The molecule has 0 unspecified atom stereocenters. The Bertz CT molecular complexity index is 992. The smallest absolute Gasteiger partial charge is 0.277 e. The van der Waals surface area contributed by atoms with Gasteiger partial charge in [-0.3, -0.25) is 19.7 Å². The van der Waals surface area contributed by atoms with Gasteiger partial charge in [-0.05, 0) is 29.2 Å². The van der Waals surface area contributed by atoms with Gasteiger partial charge >= 0.3 is 0 Å². The van der Waals surface area contributed by atoms with Crippen molar-refractivity contribution in [3.63, 3.8) is 0 Å². The molecule has 1 aliphatic rings. The molecular formula is C23H25N3O4. The summed E-state index contributed by atoms with van der Waals surface area (Å²) in [6.07, 6.45) is 3.85. The Morgan fingerprint density at radius 1 is 1.03 bits per heavy atom. The van der Waals surface area contributed by atoms with Crippen LogP contribution in [0.5, 0.6) is 0 Å². The van der Waals surface area contributed by atoms with Crippen LogP contribution in [0.3, 0.4) is 0 Å². The van der Waals surface area contributed by atoms with Crippen molar-refractivity contribution >= 4 is 23.6 Å². The molecule has 0 aliphatic carbocycles. The maximum absolute atomic E-state index is 12.6. The fourth-order valence-corrected chi connectivity index (χ4v) is 3.72. The molecule has 0 aromatic heterocycles. The monoisotopic (exact) mass is 407 g/mol. The van der Waals surface area contributed by atoms with E-state index in [0.29, 0.717) is 37.3 Å². The summed E-state index contributed by atoms with van der Waals surface area (Å²) in [5.74, 6) is -0.159. The molecule has 7 nitrogen and oxygen atoms in total. The highest BCUT2D eigenvalue weighted by molar-refractivity contribution is 5.94. The topological polar surface area (TPSA) is 83.8 Å². The fraction of sp³-hybridized carbons (Fsp3) is 0.304. The van der Waals surface area contributed by atoms with Crippen LogP contribution in [0.25, 0.3) is 17.2 Å². The Kier molecular flexibility index (Phi) is 6.61. The summed E-state index contributed by atoms with van der Waals surface area (Å²) >= 11 is 0. The predicted octanol–water partition coefficient (Wildman–Crippen LogP) is 3.53. The first-order valence-electron chi connectivity index (χ1n) is 10.0. The second-order valence-corrected chi connectivity index (χ2v) is 7.17. The van der Waals surface area contributed by atoms with Crippen molar-refractivity contribution in [3.05, 3.63) is 69.8 Å². The number of nitro benzene ring substituents is 1. The average Bonchev–Trinajstić information content (AvgIpc) is 2.77. The zero-order valence-corrected chi connectivity index (χ0v) is 17.2. The summed E-state index contributed by atoms with van der Waals surface area (Å²) in [5.41, 5.74) is 2.97. The predicted molar refractivity (Wildman–Crippen MR) is 116 cm³/mol. The summed E-state index contributed by atoms with van der Waals surface area (Å²) < 4.78 is 0. The number of carbonyl (C=O) groups is 2. The molecule has 0 N–H and O–H groups in total. The fourth-order valence-electron chi connectivity index (χ4n) is 3.72. The third kappa shape index (κ3) is 4.56. The van der Waals surface area contributed by atoms with Crippen LogP contribution in [0.1, 0.15) is 25.0 Å². The van der Waals surface area contributed by atoms with Crippen molar-refractivity contribution in [1.29, 1.82) is 0 Å². The van der Waals surface area contributed by atoms with Crippen LogP contribution in [0.2, 0.25) is 0 Å². The Morgan fingerprint density at radius 3 is 2.33 bits per heavy atom. The van der Waals surface area contributed by atoms with E-state index < -0.39 is 0 Å². The molecule has 2 amide bonds. The number of benzene rings is 2. The number of aryl methyl sites for hydroxylation is 1. The number of carbonyl (C=O) groups excluding carboxylic acids is 2. The van der Waals surface area contributed by atoms with Crippen molar-refractivity contribution in [2.24, 2.45) is 0 Å². The van der Waals surface area contributed by atoms with Crippen LogP contribution >= 0.6 is 0 Å². The standard InChI is InChI=1S/C23H25N3O4/c1-3-18-7-4-5-9-20(18)23-19(8-6-10-21(23)26(29)30)11-12-22(28)25-15-13-24(14-16-25)17(2)27/h4-12H,3,13-16H2,1-2H3/b12-11+. The minimum absolute atomic E-state index is 0.00784. The SMILES string of the molecule is CCc1ccccc1-c1c(/C=C/C(=O)N2CCN(C(C)=O)CC2)cccc1[N+](=O)[O-]. The van der Waals surface area contributed by atoms with Gasteiger partial charge in [0.15, 0.2) is 0 Å². The van der Waals surface area contributed by atoms with Gasteiger partial charge in [-0.25, -0.2) is 0 Å². The van der Waals surface area contributed by atoms with E-state index in [2.05, 4.69) is 0 Å². The quantitative estimate of drug-likeness (QED) is 0.431. The lowest BCUT2D eigenvalue weighted by Gasteiger charge is -2.33. The van der Waals surface area contributed by atoms with E-state index in [4.69, 9.17) is 0 Å². The van der Waals surface area contributed by atoms with E-state index in [0.717, 1.165) is 17.5 Å². The highest BCUT2D eigenvalue weighted by Gasteiger charge is 2.22. The van der Waals surface area contributed by atoms with Crippen LogP contribution in [-0.4, -0.2) is 52.7 Å². The van der Waals surface area contributed by atoms with Crippen molar-refractivity contribution < 1.29 is 14.5 Å². The molecule has 156 valence electrons. The van der Waals surface area contributed by atoms with Crippen molar-refractivity contribution in [1.82, 2.24) is 9.80 Å². The first-order valence-corrected chi connectivity index (χ1v) is 10.0. The lowest BCUT2D eigenvalue weighted by Crippen LogP contribution is -2.49.